The first-order valence-corrected chi connectivity index (χ1v) is 6.45. The summed E-state index contributed by atoms with van der Waals surface area (Å²) in [6, 6.07) is 13.6. The number of carbonyl (C=O) groups excluding carboxylic acids is 1. The average Bonchev–Trinajstić information content (AvgIpc) is 2.51. The Labute approximate surface area is 121 Å². The van der Waals surface area contributed by atoms with Crippen LogP contribution >= 0.6 is 0 Å². The highest BCUT2D eigenvalue weighted by Gasteiger charge is 2.32. The van der Waals surface area contributed by atoms with Crippen molar-refractivity contribution in [3.05, 3.63) is 69.8 Å². The summed E-state index contributed by atoms with van der Waals surface area (Å²) in [7, 11) is 1.81. The molecule has 3 rings (SSSR count). The second-order valence-electron chi connectivity index (χ2n) is 4.82. The number of carbonyl (C=O) groups is 1. The van der Waals surface area contributed by atoms with Crippen molar-refractivity contribution in [1.29, 1.82) is 0 Å². The molecule has 1 aliphatic rings. The van der Waals surface area contributed by atoms with Crippen LogP contribution in [0.4, 0.5) is 11.4 Å². The molecule has 1 amide bonds. The van der Waals surface area contributed by atoms with Crippen LogP contribution in [0.25, 0.3) is 0 Å². The van der Waals surface area contributed by atoms with Crippen LogP contribution in [-0.4, -0.2) is 17.9 Å². The van der Waals surface area contributed by atoms with E-state index in [1.807, 2.05) is 17.0 Å². The summed E-state index contributed by atoms with van der Waals surface area (Å²) in [6.07, 6.45) is -0.561. The van der Waals surface area contributed by atoms with Gasteiger partial charge in [-0.3, -0.25) is 14.9 Å². The van der Waals surface area contributed by atoms with E-state index in [0.717, 1.165) is 5.69 Å². The monoisotopic (exact) mass is 283 g/mol. The normalized spacial score (nSPS) is 17.1. The average molecular weight is 283 g/mol. The second-order valence-corrected chi connectivity index (χ2v) is 4.82. The Morgan fingerprint density at radius 3 is 2.57 bits per heavy atom. The molecule has 0 saturated carbocycles. The number of nitrogens with zero attached hydrogens (tertiary/aromatic N) is 2. The van der Waals surface area contributed by atoms with Gasteiger partial charge in [0.1, 0.15) is 6.17 Å². The number of nitro groups is 1. The molecule has 0 saturated heterocycles. The lowest BCUT2D eigenvalue weighted by Crippen LogP contribution is -2.44. The molecule has 0 spiro atoms. The van der Waals surface area contributed by atoms with Crippen LogP contribution in [-0.2, 0) is 0 Å². The van der Waals surface area contributed by atoms with E-state index in [4.69, 9.17) is 0 Å². The highest BCUT2D eigenvalue weighted by atomic mass is 16.6. The van der Waals surface area contributed by atoms with Crippen molar-refractivity contribution >= 4 is 17.3 Å². The highest BCUT2D eigenvalue weighted by Crippen LogP contribution is 2.34. The van der Waals surface area contributed by atoms with Gasteiger partial charge in [-0.05, 0) is 18.2 Å². The Hall–Kier alpha value is -2.89. The van der Waals surface area contributed by atoms with Gasteiger partial charge in [0.05, 0.1) is 21.7 Å². The molecule has 0 radical (unpaired) electrons. The lowest BCUT2D eigenvalue weighted by atomic mass is 10.0. The molecule has 0 aliphatic carbocycles. The Morgan fingerprint density at radius 1 is 1.14 bits per heavy atom. The van der Waals surface area contributed by atoms with Gasteiger partial charge in [0.25, 0.3) is 11.6 Å². The van der Waals surface area contributed by atoms with Crippen LogP contribution < -0.4 is 10.2 Å². The van der Waals surface area contributed by atoms with Gasteiger partial charge in [-0.1, -0.05) is 24.3 Å². The second kappa shape index (κ2) is 4.90. The van der Waals surface area contributed by atoms with E-state index in [9.17, 15) is 14.9 Å². The minimum Gasteiger partial charge on any atom is -0.350 e. The Balaban J connectivity index is 2.10. The number of para-hydroxylation sites is 2. The van der Waals surface area contributed by atoms with Crippen molar-refractivity contribution in [1.82, 2.24) is 5.32 Å². The minimum atomic E-state index is -0.561. The van der Waals surface area contributed by atoms with Gasteiger partial charge < -0.3 is 10.2 Å². The number of rotatable bonds is 2. The van der Waals surface area contributed by atoms with Gasteiger partial charge in [-0.25, -0.2) is 0 Å². The van der Waals surface area contributed by atoms with Gasteiger partial charge in [-0.15, -0.1) is 0 Å². The fourth-order valence-electron chi connectivity index (χ4n) is 2.58. The molecule has 106 valence electrons. The van der Waals surface area contributed by atoms with E-state index in [1.54, 1.807) is 37.4 Å². The first-order chi connectivity index (χ1) is 10.1. The number of anilines is 1. The standard InChI is InChI=1S/C15H13N3O3/c1-17-12-8-4-3-7-11(12)15(19)16-14(17)10-6-2-5-9-13(10)18(20)21/h2-9,14H,1H3,(H,16,19)/t14-/m0/s1. The quantitative estimate of drug-likeness (QED) is 0.678. The fourth-order valence-corrected chi connectivity index (χ4v) is 2.58. The van der Waals surface area contributed by atoms with Crippen LogP contribution in [0.5, 0.6) is 0 Å². The van der Waals surface area contributed by atoms with Gasteiger partial charge >= 0.3 is 0 Å². The molecular formula is C15H13N3O3. The van der Waals surface area contributed by atoms with Crippen molar-refractivity contribution in [2.75, 3.05) is 11.9 Å². The first-order valence-electron chi connectivity index (χ1n) is 6.45. The summed E-state index contributed by atoms with van der Waals surface area (Å²) in [4.78, 5) is 24.8. The third kappa shape index (κ3) is 2.10. The molecule has 6 heteroatoms. The molecule has 2 aromatic carbocycles. The fraction of sp³-hybridized carbons (Fsp3) is 0.133. The Kier molecular flexibility index (Phi) is 3.06. The van der Waals surface area contributed by atoms with Crippen LogP contribution in [0.15, 0.2) is 48.5 Å². The summed E-state index contributed by atoms with van der Waals surface area (Å²) in [5.74, 6) is -0.230. The molecule has 1 heterocycles. The number of nitro benzene ring substituents is 1. The number of hydrogen-bond acceptors (Lipinski definition) is 4. The van der Waals surface area contributed by atoms with E-state index in [-0.39, 0.29) is 11.6 Å². The topological polar surface area (TPSA) is 75.5 Å². The van der Waals surface area contributed by atoms with Gasteiger partial charge in [0, 0.05) is 13.1 Å². The zero-order valence-electron chi connectivity index (χ0n) is 11.3. The lowest BCUT2D eigenvalue weighted by Gasteiger charge is -2.36. The number of hydrogen-bond donors (Lipinski definition) is 1. The summed E-state index contributed by atoms with van der Waals surface area (Å²) < 4.78 is 0. The van der Waals surface area contributed by atoms with E-state index in [2.05, 4.69) is 5.32 Å². The van der Waals surface area contributed by atoms with Crippen molar-refractivity contribution in [3.8, 4) is 0 Å². The summed E-state index contributed by atoms with van der Waals surface area (Å²) in [6.45, 7) is 0. The van der Waals surface area contributed by atoms with E-state index in [0.29, 0.717) is 11.1 Å². The van der Waals surface area contributed by atoms with Crippen molar-refractivity contribution in [2.45, 2.75) is 6.17 Å². The van der Waals surface area contributed by atoms with Crippen molar-refractivity contribution < 1.29 is 9.72 Å². The maximum Gasteiger partial charge on any atom is 0.276 e. The predicted octanol–water partition coefficient (Wildman–Crippen LogP) is 2.47. The van der Waals surface area contributed by atoms with Crippen LogP contribution in [0, 0.1) is 10.1 Å². The molecule has 2 aromatic rings. The largest absolute Gasteiger partial charge is 0.350 e. The molecule has 21 heavy (non-hydrogen) atoms. The molecular weight excluding hydrogens is 270 g/mol. The van der Waals surface area contributed by atoms with Gasteiger partial charge in [0.15, 0.2) is 0 Å². The molecule has 0 bridgehead atoms. The molecule has 6 nitrogen and oxygen atoms in total. The third-order valence-corrected chi connectivity index (χ3v) is 3.61. The lowest BCUT2D eigenvalue weighted by molar-refractivity contribution is -0.385. The van der Waals surface area contributed by atoms with Crippen LogP contribution in [0.2, 0.25) is 0 Å². The molecule has 1 atom stereocenters. The Bertz CT molecular complexity index is 730. The summed E-state index contributed by atoms with van der Waals surface area (Å²) >= 11 is 0. The van der Waals surface area contributed by atoms with Crippen molar-refractivity contribution in [3.63, 3.8) is 0 Å². The predicted molar refractivity (Wildman–Crippen MR) is 78.1 cm³/mol. The maximum atomic E-state index is 12.2. The van der Waals surface area contributed by atoms with E-state index >= 15 is 0 Å². The zero-order valence-corrected chi connectivity index (χ0v) is 11.3. The smallest absolute Gasteiger partial charge is 0.276 e. The summed E-state index contributed by atoms with van der Waals surface area (Å²) in [5, 5.41) is 14.0. The van der Waals surface area contributed by atoms with Gasteiger partial charge in [0.2, 0.25) is 0 Å². The zero-order chi connectivity index (χ0) is 15.0. The number of nitrogens with one attached hydrogen (secondary N) is 1. The van der Waals surface area contributed by atoms with E-state index < -0.39 is 11.1 Å². The third-order valence-electron chi connectivity index (χ3n) is 3.61. The van der Waals surface area contributed by atoms with Crippen LogP contribution in [0.3, 0.4) is 0 Å². The highest BCUT2D eigenvalue weighted by molar-refractivity contribution is 6.02. The first kappa shape index (κ1) is 13.1. The molecule has 0 aromatic heterocycles. The van der Waals surface area contributed by atoms with Gasteiger partial charge in [-0.2, -0.15) is 0 Å². The van der Waals surface area contributed by atoms with E-state index in [1.165, 1.54) is 6.07 Å². The summed E-state index contributed by atoms with van der Waals surface area (Å²) in [5.41, 5.74) is 1.78. The Morgan fingerprint density at radius 2 is 1.81 bits per heavy atom. The minimum absolute atomic E-state index is 0.00553. The molecule has 1 aliphatic heterocycles. The SMILES string of the molecule is CN1c2ccccc2C(=O)N[C@@H]1c1ccccc1[N+](=O)[O-]. The molecule has 1 N–H and O–H groups in total. The van der Waals surface area contributed by atoms with Crippen molar-refractivity contribution in [2.24, 2.45) is 0 Å². The number of fused-ring (bicyclic) bond motifs is 1. The number of benzene rings is 2. The number of amides is 1. The maximum absolute atomic E-state index is 12.2. The molecule has 0 fully saturated rings. The van der Waals surface area contributed by atoms with Crippen LogP contribution in [0.1, 0.15) is 22.1 Å². The molecule has 0 unspecified atom stereocenters.